The predicted octanol–water partition coefficient (Wildman–Crippen LogP) is 2.55. The van der Waals surface area contributed by atoms with Crippen molar-refractivity contribution in [2.45, 2.75) is 26.4 Å². The van der Waals surface area contributed by atoms with Gasteiger partial charge in [-0.1, -0.05) is 25.1 Å². The number of carbonyl (C=O) groups is 1. The van der Waals surface area contributed by atoms with Gasteiger partial charge in [0.25, 0.3) is 5.56 Å². The molecule has 1 amide bonds. The second kappa shape index (κ2) is 9.23. The lowest BCUT2D eigenvalue weighted by Crippen LogP contribution is -2.35. The smallest absolute Gasteiger partial charge is 0.291 e. The van der Waals surface area contributed by atoms with Crippen molar-refractivity contribution >= 4 is 22.3 Å². The first-order valence-corrected chi connectivity index (χ1v) is 10.6. The minimum atomic E-state index is -0.348. The van der Waals surface area contributed by atoms with Gasteiger partial charge in [0.05, 0.1) is 26.8 Å². The van der Waals surface area contributed by atoms with Crippen LogP contribution in [0.4, 0.5) is 0 Å². The highest BCUT2D eigenvalue weighted by Gasteiger charge is 2.17. The zero-order valence-corrected chi connectivity index (χ0v) is 19.0. The van der Waals surface area contributed by atoms with E-state index in [0.29, 0.717) is 35.0 Å². The number of hydrogen-bond acceptors (Lipinski definition) is 6. The molecular formula is C24H26N4O5. The number of aryl methyl sites for hydroxylation is 1. The van der Waals surface area contributed by atoms with E-state index in [1.807, 2.05) is 41.7 Å². The van der Waals surface area contributed by atoms with Gasteiger partial charge in [0.15, 0.2) is 11.5 Å². The van der Waals surface area contributed by atoms with Crippen LogP contribution in [0.1, 0.15) is 18.3 Å². The zero-order valence-electron chi connectivity index (χ0n) is 19.0. The Bertz CT molecular complexity index is 1390. The molecule has 0 fully saturated rings. The molecule has 1 N–H and O–H groups in total. The molecule has 0 atom stereocenters. The third-order valence-electron chi connectivity index (χ3n) is 5.54. The van der Waals surface area contributed by atoms with Crippen LogP contribution in [0.15, 0.2) is 47.3 Å². The average molecular weight is 450 g/mol. The summed E-state index contributed by atoms with van der Waals surface area (Å²) < 4.78 is 19.2. The van der Waals surface area contributed by atoms with Crippen LogP contribution in [-0.4, -0.2) is 41.4 Å². The highest BCUT2D eigenvalue weighted by Crippen LogP contribution is 2.30. The number of amides is 1. The Morgan fingerprint density at radius 2 is 1.73 bits per heavy atom. The molecule has 4 rings (SSSR count). The van der Waals surface area contributed by atoms with E-state index in [9.17, 15) is 9.59 Å². The lowest BCUT2D eigenvalue weighted by atomic mass is 10.2. The van der Waals surface area contributed by atoms with Crippen molar-refractivity contribution in [2.24, 2.45) is 0 Å². The highest BCUT2D eigenvalue weighted by atomic mass is 16.5. The van der Waals surface area contributed by atoms with Crippen molar-refractivity contribution < 1.29 is 19.0 Å². The summed E-state index contributed by atoms with van der Waals surface area (Å²) in [5, 5.41) is 8.12. The molecule has 0 bridgehead atoms. The monoisotopic (exact) mass is 450 g/mol. The van der Waals surface area contributed by atoms with E-state index in [1.54, 1.807) is 33.5 Å². The molecule has 2 aromatic carbocycles. The minimum Gasteiger partial charge on any atom is -0.496 e. The van der Waals surface area contributed by atoms with Crippen molar-refractivity contribution in [3.63, 3.8) is 0 Å². The fourth-order valence-electron chi connectivity index (χ4n) is 3.99. The molecule has 0 spiro atoms. The Hall–Kier alpha value is -4.01. The first kappa shape index (κ1) is 22.2. The van der Waals surface area contributed by atoms with Gasteiger partial charge in [0.2, 0.25) is 5.91 Å². The van der Waals surface area contributed by atoms with Gasteiger partial charge in [0.1, 0.15) is 23.6 Å². The van der Waals surface area contributed by atoms with Crippen molar-refractivity contribution in [1.29, 1.82) is 0 Å². The Balaban J connectivity index is 1.64. The Morgan fingerprint density at radius 1 is 1.00 bits per heavy atom. The van der Waals surface area contributed by atoms with Gasteiger partial charge < -0.3 is 19.5 Å². The lowest BCUT2D eigenvalue weighted by molar-refractivity contribution is -0.122. The number of hydrogen-bond donors (Lipinski definition) is 1. The second-order valence-electron chi connectivity index (χ2n) is 7.42. The lowest BCUT2D eigenvalue weighted by Gasteiger charge is -2.14. The first-order valence-electron chi connectivity index (χ1n) is 10.6. The van der Waals surface area contributed by atoms with Crippen LogP contribution < -0.4 is 25.1 Å². The first-order chi connectivity index (χ1) is 16.0. The summed E-state index contributed by atoms with van der Waals surface area (Å²) in [6.07, 6.45) is 0.584. The van der Waals surface area contributed by atoms with Crippen LogP contribution in [0.2, 0.25) is 0 Å². The summed E-state index contributed by atoms with van der Waals surface area (Å²) in [5.74, 6) is 2.15. The number of ether oxygens (including phenoxy) is 3. The van der Waals surface area contributed by atoms with E-state index in [2.05, 4.69) is 10.4 Å². The molecule has 0 aliphatic rings. The maximum Gasteiger partial charge on any atom is 0.291 e. The topological polar surface area (TPSA) is 96.1 Å². The van der Waals surface area contributed by atoms with E-state index in [0.717, 1.165) is 16.5 Å². The molecule has 0 radical (unpaired) electrons. The van der Waals surface area contributed by atoms with Gasteiger partial charge in [-0.05, 0) is 24.3 Å². The predicted molar refractivity (Wildman–Crippen MR) is 124 cm³/mol. The molecule has 0 unspecified atom stereocenters. The molecule has 0 saturated carbocycles. The number of methoxy groups -OCH3 is 3. The van der Waals surface area contributed by atoms with Crippen molar-refractivity contribution in [1.82, 2.24) is 19.5 Å². The molecule has 33 heavy (non-hydrogen) atoms. The molecule has 2 aromatic heterocycles. The summed E-state index contributed by atoms with van der Waals surface area (Å²) >= 11 is 0. The number of fused-ring (bicyclic) bond motifs is 3. The van der Waals surface area contributed by atoms with Gasteiger partial charge in [-0.3, -0.25) is 14.0 Å². The maximum atomic E-state index is 13.2. The summed E-state index contributed by atoms with van der Waals surface area (Å²) in [5.41, 5.74) is 1.70. The minimum absolute atomic E-state index is 0.201. The van der Waals surface area contributed by atoms with Crippen molar-refractivity contribution in [3.8, 4) is 17.2 Å². The van der Waals surface area contributed by atoms with Crippen molar-refractivity contribution in [2.75, 3.05) is 21.3 Å². The standard InChI is InChI=1S/C24H26N4O5/c1-5-21-26-27(14-22(29)25-13-15-8-6-11-20(32-3)23(15)33-4)24(30)18-12-16-17(28(18)21)9-7-10-19(16)31-2/h6-12H,5,13-14H2,1-4H3,(H,25,29). The van der Waals surface area contributed by atoms with Crippen LogP contribution in [0.3, 0.4) is 0 Å². The third-order valence-corrected chi connectivity index (χ3v) is 5.54. The zero-order chi connectivity index (χ0) is 23.5. The van der Waals surface area contributed by atoms with E-state index in [-0.39, 0.29) is 24.6 Å². The van der Waals surface area contributed by atoms with Crippen LogP contribution in [0.5, 0.6) is 17.2 Å². The largest absolute Gasteiger partial charge is 0.496 e. The molecular weight excluding hydrogens is 424 g/mol. The second-order valence-corrected chi connectivity index (χ2v) is 7.42. The number of carbonyl (C=O) groups excluding carboxylic acids is 1. The number of nitrogens with one attached hydrogen (secondary N) is 1. The summed E-state index contributed by atoms with van der Waals surface area (Å²) in [7, 11) is 4.70. The normalized spacial score (nSPS) is 11.0. The molecule has 9 nitrogen and oxygen atoms in total. The van der Waals surface area contributed by atoms with Crippen LogP contribution in [-0.2, 0) is 24.3 Å². The molecule has 2 heterocycles. The number of rotatable bonds is 8. The third kappa shape index (κ3) is 3.97. The van der Waals surface area contributed by atoms with E-state index >= 15 is 0 Å². The van der Waals surface area contributed by atoms with E-state index < -0.39 is 0 Å². The van der Waals surface area contributed by atoms with Gasteiger partial charge >= 0.3 is 0 Å². The average Bonchev–Trinajstić information content (AvgIpc) is 3.24. The van der Waals surface area contributed by atoms with Gasteiger partial charge in [-0.25, -0.2) is 4.68 Å². The van der Waals surface area contributed by atoms with Crippen molar-refractivity contribution in [3.05, 3.63) is 64.2 Å². The number of aromatic nitrogens is 3. The van der Waals surface area contributed by atoms with E-state index in [4.69, 9.17) is 14.2 Å². The van der Waals surface area contributed by atoms with E-state index in [1.165, 1.54) is 4.68 Å². The number of para-hydroxylation sites is 1. The molecule has 4 aromatic rings. The SMILES string of the molecule is CCc1nn(CC(=O)NCc2cccc(OC)c2OC)c(=O)c2cc3c(OC)cccc3n12. The maximum absolute atomic E-state index is 13.2. The summed E-state index contributed by atoms with van der Waals surface area (Å²) in [4.78, 5) is 25.9. The molecule has 172 valence electrons. The quantitative estimate of drug-likeness (QED) is 0.443. The van der Waals surface area contributed by atoms with Crippen LogP contribution in [0.25, 0.3) is 16.4 Å². The van der Waals surface area contributed by atoms with Crippen LogP contribution in [0, 0.1) is 0 Å². The molecule has 9 heteroatoms. The Labute approximate surface area is 190 Å². The van der Waals surface area contributed by atoms with Gasteiger partial charge in [-0.2, -0.15) is 5.10 Å². The molecule has 0 aliphatic carbocycles. The van der Waals surface area contributed by atoms with Gasteiger partial charge in [-0.15, -0.1) is 0 Å². The molecule has 0 aliphatic heterocycles. The fourth-order valence-corrected chi connectivity index (χ4v) is 3.99. The Morgan fingerprint density at radius 3 is 2.42 bits per heavy atom. The Kier molecular flexibility index (Phi) is 6.21. The number of nitrogens with zero attached hydrogens (tertiary/aromatic N) is 3. The highest BCUT2D eigenvalue weighted by molar-refractivity contribution is 5.92. The molecule has 0 saturated heterocycles. The number of benzene rings is 2. The summed E-state index contributed by atoms with van der Waals surface area (Å²) in [6.45, 7) is 1.98. The summed E-state index contributed by atoms with van der Waals surface area (Å²) in [6, 6.07) is 12.9. The fraction of sp³-hybridized carbons (Fsp3) is 0.292. The van der Waals surface area contributed by atoms with Gasteiger partial charge in [0, 0.05) is 23.9 Å². The van der Waals surface area contributed by atoms with Crippen LogP contribution >= 0.6 is 0 Å².